The number of carbonyl (C=O) groups is 1. The van der Waals surface area contributed by atoms with Crippen molar-refractivity contribution in [2.24, 2.45) is 5.92 Å². The molecule has 0 saturated heterocycles. The summed E-state index contributed by atoms with van der Waals surface area (Å²) in [5, 5.41) is 11.0. The van der Waals surface area contributed by atoms with Gasteiger partial charge in [0, 0.05) is 52.9 Å². The minimum Gasteiger partial charge on any atom is -0.481 e. The number of pyridine rings is 2. The Morgan fingerprint density at radius 1 is 1.15 bits per heavy atom. The van der Waals surface area contributed by atoms with Gasteiger partial charge in [-0.2, -0.15) is 0 Å². The third kappa shape index (κ3) is 3.89. The van der Waals surface area contributed by atoms with Gasteiger partial charge in [-0.05, 0) is 50.5 Å². The van der Waals surface area contributed by atoms with E-state index < -0.39 is 17.7 Å². The second-order valence-corrected chi connectivity index (χ2v) is 8.43. The third-order valence-corrected chi connectivity index (χ3v) is 6.32. The Bertz CT molecular complexity index is 1490. The number of carboxylic acid groups (broad SMARTS) is 1. The van der Waals surface area contributed by atoms with Crippen molar-refractivity contribution in [3.8, 4) is 11.4 Å². The van der Waals surface area contributed by atoms with Crippen molar-refractivity contribution < 1.29 is 14.3 Å². The Balaban J connectivity index is 1.61. The molecule has 8 nitrogen and oxygen atoms in total. The number of aryl methyl sites for hydroxylation is 2. The molecule has 0 fully saturated rings. The first-order valence-corrected chi connectivity index (χ1v) is 11.0. The van der Waals surface area contributed by atoms with Crippen molar-refractivity contribution in [2.75, 3.05) is 0 Å². The topological polar surface area (TPSA) is 110 Å². The first kappa shape index (κ1) is 21.7. The number of rotatable bonds is 7. The summed E-state index contributed by atoms with van der Waals surface area (Å²) in [6, 6.07) is 6.87. The second kappa shape index (κ2) is 8.66. The zero-order valence-corrected chi connectivity index (χ0v) is 18.7. The molecule has 0 aliphatic rings. The fourth-order valence-electron chi connectivity index (χ4n) is 4.15. The van der Waals surface area contributed by atoms with Gasteiger partial charge < -0.3 is 14.7 Å². The maximum Gasteiger partial charge on any atom is 0.308 e. The fourth-order valence-corrected chi connectivity index (χ4v) is 4.15. The molecule has 5 aromatic heterocycles. The van der Waals surface area contributed by atoms with E-state index in [0.717, 1.165) is 29.3 Å². The number of hydrogen-bond donors (Lipinski definition) is 2. The highest BCUT2D eigenvalue weighted by Gasteiger charge is 2.24. The molecule has 0 aliphatic carbocycles. The minimum atomic E-state index is -0.878. The normalized spacial score (nSPS) is 13.4. The van der Waals surface area contributed by atoms with Crippen LogP contribution < -0.4 is 0 Å². The summed E-state index contributed by atoms with van der Waals surface area (Å²) in [6.45, 7) is 3.55. The number of carboxylic acids is 1. The van der Waals surface area contributed by atoms with Crippen molar-refractivity contribution in [1.82, 2.24) is 29.5 Å². The summed E-state index contributed by atoms with van der Waals surface area (Å²) >= 11 is 0. The predicted octanol–water partition coefficient (Wildman–Crippen LogP) is 4.58. The molecule has 0 amide bonds. The quantitative estimate of drug-likeness (QED) is 0.370. The Kier molecular flexibility index (Phi) is 5.53. The molecular weight excluding hydrogens is 435 g/mol. The lowest BCUT2D eigenvalue weighted by Crippen LogP contribution is -2.21. The van der Waals surface area contributed by atoms with E-state index in [4.69, 9.17) is 4.98 Å². The smallest absolute Gasteiger partial charge is 0.308 e. The number of aromatic amines is 1. The number of halogens is 1. The number of nitrogens with one attached hydrogen (secondary N) is 1. The summed E-state index contributed by atoms with van der Waals surface area (Å²) < 4.78 is 15.7. The van der Waals surface area contributed by atoms with Crippen LogP contribution in [0.2, 0.25) is 0 Å². The van der Waals surface area contributed by atoms with Crippen LogP contribution in [0.3, 0.4) is 0 Å². The summed E-state index contributed by atoms with van der Waals surface area (Å²) in [6.07, 6.45) is 9.79. The van der Waals surface area contributed by atoms with Crippen molar-refractivity contribution in [3.05, 3.63) is 72.3 Å². The third-order valence-electron chi connectivity index (χ3n) is 6.32. The van der Waals surface area contributed by atoms with E-state index in [-0.39, 0.29) is 6.04 Å². The molecule has 2 atom stereocenters. The van der Waals surface area contributed by atoms with E-state index >= 15 is 0 Å². The first-order valence-electron chi connectivity index (χ1n) is 11.0. The standard InChI is InChI=1S/C25H23FN6O2/c1-14(25(33)34)15(2)32-13-16(6-7-18-5-3-4-8-27-18)20-11-30-23(31-24(20)32)21-12-29-22-19(21)9-17(26)10-28-22/h3-5,8-15H,6-7H2,1-2H3,(H,28,29)(H,33,34)/t14-,15-/m1/s1. The van der Waals surface area contributed by atoms with Crippen LogP contribution in [0.25, 0.3) is 33.5 Å². The summed E-state index contributed by atoms with van der Waals surface area (Å²) in [4.78, 5) is 32.6. The predicted molar refractivity (Wildman–Crippen MR) is 126 cm³/mol. The molecule has 5 rings (SSSR count). The molecule has 0 radical (unpaired) electrons. The van der Waals surface area contributed by atoms with Crippen LogP contribution >= 0.6 is 0 Å². The van der Waals surface area contributed by atoms with Gasteiger partial charge in [0.15, 0.2) is 5.82 Å². The minimum absolute atomic E-state index is 0.339. The van der Waals surface area contributed by atoms with Crippen molar-refractivity contribution >= 4 is 28.0 Å². The van der Waals surface area contributed by atoms with E-state index in [2.05, 4.69) is 19.9 Å². The molecule has 34 heavy (non-hydrogen) atoms. The zero-order valence-electron chi connectivity index (χ0n) is 18.7. The van der Waals surface area contributed by atoms with E-state index in [9.17, 15) is 14.3 Å². The van der Waals surface area contributed by atoms with Gasteiger partial charge in [0.05, 0.1) is 12.1 Å². The number of H-pyrrole nitrogens is 1. The molecule has 0 saturated carbocycles. The van der Waals surface area contributed by atoms with Gasteiger partial charge in [-0.15, -0.1) is 0 Å². The Morgan fingerprint density at radius 2 is 2.00 bits per heavy atom. The molecule has 0 aliphatic heterocycles. The van der Waals surface area contributed by atoms with Crippen LogP contribution in [0.4, 0.5) is 4.39 Å². The second-order valence-electron chi connectivity index (χ2n) is 8.43. The summed E-state index contributed by atoms with van der Waals surface area (Å²) in [5.74, 6) is -1.53. The highest BCUT2D eigenvalue weighted by Crippen LogP contribution is 2.31. The van der Waals surface area contributed by atoms with Crippen LogP contribution in [0.1, 0.15) is 31.1 Å². The molecule has 5 heterocycles. The number of aromatic nitrogens is 6. The number of aliphatic carboxylic acids is 1. The molecular formula is C25H23FN6O2. The Hall–Kier alpha value is -4.14. The van der Waals surface area contributed by atoms with E-state index in [1.807, 2.05) is 35.9 Å². The summed E-state index contributed by atoms with van der Waals surface area (Å²) in [7, 11) is 0. The van der Waals surface area contributed by atoms with Crippen LogP contribution in [0.15, 0.2) is 55.2 Å². The van der Waals surface area contributed by atoms with Gasteiger partial charge in [-0.1, -0.05) is 6.07 Å². The average molecular weight is 458 g/mol. The van der Waals surface area contributed by atoms with Crippen molar-refractivity contribution in [2.45, 2.75) is 32.7 Å². The largest absolute Gasteiger partial charge is 0.481 e. The number of nitrogens with zero attached hydrogens (tertiary/aromatic N) is 5. The monoisotopic (exact) mass is 458 g/mol. The highest BCUT2D eigenvalue weighted by atomic mass is 19.1. The van der Waals surface area contributed by atoms with Gasteiger partial charge >= 0.3 is 5.97 Å². The Labute approximate surface area is 194 Å². The lowest BCUT2D eigenvalue weighted by molar-refractivity contribution is -0.142. The van der Waals surface area contributed by atoms with E-state index in [1.165, 1.54) is 6.07 Å². The zero-order chi connectivity index (χ0) is 23.8. The molecule has 172 valence electrons. The maximum absolute atomic E-state index is 13.8. The number of fused-ring (bicyclic) bond motifs is 2. The first-order chi connectivity index (χ1) is 16.4. The van der Waals surface area contributed by atoms with Gasteiger partial charge in [0.25, 0.3) is 0 Å². The lowest BCUT2D eigenvalue weighted by Gasteiger charge is -2.18. The molecule has 0 spiro atoms. The molecule has 0 bridgehead atoms. The molecule has 0 aromatic carbocycles. The van der Waals surface area contributed by atoms with Gasteiger partial charge in [0.1, 0.15) is 17.1 Å². The van der Waals surface area contributed by atoms with E-state index in [1.54, 1.807) is 25.5 Å². The van der Waals surface area contributed by atoms with Gasteiger partial charge in [-0.25, -0.2) is 19.3 Å². The number of hydrogen-bond acceptors (Lipinski definition) is 5. The van der Waals surface area contributed by atoms with Gasteiger partial charge in [0.2, 0.25) is 0 Å². The maximum atomic E-state index is 13.8. The lowest BCUT2D eigenvalue weighted by atomic mass is 10.0. The van der Waals surface area contributed by atoms with Crippen molar-refractivity contribution in [3.63, 3.8) is 0 Å². The highest BCUT2D eigenvalue weighted by molar-refractivity contribution is 5.92. The SMILES string of the molecule is C[C@H]([C@@H](C)C(=O)O)n1cc(CCc2ccccn2)c2cnc(-c3c[nH]c4ncc(F)cc34)nc21. The van der Waals surface area contributed by atoms with Gasteiger partial charge in [-0.3, -0.25) is 9.78 Å². The fraction of sp³-hybridized carbons (Fsp3) is 0.240. The molecule has 2 N–H and O–H groups in total. The van der Waals surface area contributed by atoms with Crippen LogP contribution in [-0.4, -0.2) is 40.6 Å². The van der Waals surface area contributed by atoms with Crippen LogP contribution in [0, 0.1) is 11.7 Å². The van der Waals surface area contributed by atoms with Crippen LogP contribution in [0.5, 0.6) is 0 Å². The molecule has 5 aromatic rings. The molecule has 9 heteroatoms. The van der Waals surface area contributed by atoms with Crippen molar-refractivity contribution in [1.29, 1.82) is 0 Å². The average Bonchev–Trinajstić information content (AvgIpc) is 3.43. The summed E-state index contributed by atoms with van der Waals surface area (Å²) in [5.41, 5.74) is 3.80. The Morgan fingerprint density at radius 3 is 2.76 bits per heavy atom. The van der Waals surface area contributed by atoms with E-state index in [0.29, 0.717) is 34.5 Å². The van der Waals surface area contributed by atoms with Crippen LogP contribution in [-0.2, 0) is 17.6 Å². The molecule has 0 unspecified atom stereocenters.